The van der Waals surface area contributed by atoms with Gasteiger partial charge in [0.25, 0.3) is 0 Å². The van der Waals surface area contributed by atoms with E-state index in [1.54, 1.807) is 0 Å². The first-order valence-corrected chi connectivity index (χ1v) is 7.50. The third kappa shape index (κ3) is 4.44. The highest BCUT2D eigenvalue weighted by molar-refractivity contribution is 5.80. The van der Waals surface area contributed by atoms with E-state index in [0.717, 1.165) is 52.2 Å². The van der Waals surface area contributed by atoms with Gasteiger partial charge in [-0.15, -0.1) is 0 Å². The van der Waals surface area contributed by atoms with Gasteiger partial charge in [-0.2, -0.15) is 0 Å². The summed E-state index contributed by atoms with van der Waals surface area (Å²) in [7, 11) is 0. The van der Waals surface area contributed by atoms with Crippen molar-refractivity contribution in [3.63, 3.8) is 0 Å². The number of amides is 1. The minimum atomic E-state index is 0.247. The fourth-order valence-corrected chi connectivity index (χ4v) is 2.82. The molecule has 110 valence electrons. The highest BCUT2D eigenvalue weighted by Gasteiger charge is 2.30. The van der Waals surface area contributed by atoms with E-state index in [1.807, 2.05) is 4.90 Å². The molecule has 2 aliphatic heterocycles. The molecule has 2 fully saturated rings. The molecule has 0 aromatic rings. The number of hydrogen-bond acceptors (Lipinski definition) is 4. The second kappa shape index (κ2) is 7.22. The molecule has 19 heavy (non-hydrogen) atoms. The summed E-state index contributed by atoms with van der Waals surface area (Å²) in [5.41, 5.74) is 0. The van der Waals surface area contributed by atoms with Crippen LogP contribution in [0, 0.1) is 5.92 Å². The van der Waals surface area contributed by atoms with Crippen LogP contribution in [0.3, 0.4) is 0 Å². The van der Waals surface area contributed by atoms with Crippen LogP contribution < -0.4 is 5.32 Å². The molecule has 0 spiro atoms. The maximum Gasteiger partial charge on any atom is 0.237 e. The number of nitrogens with one attached hydrogen (secondary N) is 1. The lowest BCUT2D eigenvalue weighted by Gasteiger charge is -2.29. The van der Waals surface area contributed by atoms with Crippen molar-refractivity contribution < 1.29 is 9.53 Å². The van der Waals surface area contributed by atoms with E-state index in [1.165, 1.54) is 0 Å². The van der Waals surface area contributed by atoms with Gasteiger partial charge in [-0.3, -0.25) is 15.0 Å². The lowest BCUT2D eigenvalue weighted by atomic mass is 10.1. The number of carbonyl (C=O) groups is 1. The molecular formula is C14H27N3O2. The van der Waals surface area contributed by atoms with Crippen LogP contribution in [0.15, 0.2) is 0 Å². The molecule has 0 radical (unpaired) electrons. The summed E-state index contributed by atoms with van der Waals surface area (Å²) in [5, 5.41) is 3.32. The summed E-state index contributed by atoms with van der Waals surface area (Å²) < 4.78 is 5.34. The Morgan fingerprint density at radius 3 is 2.74 bits per heavy atom. The van der Waals surface area contributed by atoms with E-state index in [-0.39, 0.29) is 12.1 Å². The van der Waals surface area contributed by atoms with Crippen LogP contribution in [0.2, 0.25) is 0 Å². The number of ether oxygens (including phenoxy) is 1. The van der Waals surface area contributed by atoms with Crippen LogP contribution in [-0.2, 0) is 9.53 Å². The predicted octanol–water partition coefficient (Wildman–Crippen LogP) is 0.513. The van der Waals surface area contributed by atoms with Crippen molar-refractivity contribution in [1.29, 1.82) is 0 Å². The molecule has 5 heteroatoms. The van der Waals surface area contributed by atoms with Crippen LogP contribution in [0.5, 0.6) is 0 Å². The summed E-state index contributed by atoms with van der Waals surface area (Å²) in [6.07, 6.45) is 2.35. The summed E-state index contributed by atoms with van der Waals surface area (Å²) in [4.78, 5) is 16.3. The minimum Gasteiger partial charge on any atom is -0.379 e. The smallest absolute Gasteiger partial charge is 0.237 e. The monoisotopic (exact) mass is 269 g/mol. The second-order valence-corrected chi connectivity index (χ2v) is 5.92. The molecule has 1 unspecified atom stereocenters. The second-order valence-electron chi connectivity index (χ2n) is 5.92. The number of rotatable bonds is 6. The van der Waals surface area contributed by atoms with Crippen molar-refractivity contribution in [3.05, 3.63) is 0 Å². The Morgan fingerprint density at radius 1 is 1.32 bits per heavy atom. The van der Waals surface area contributed by atoms with E-state index >= 15 is 0 Å². The van der Waals surface area contributed by atoms with Crippen LogP contribution >= 0.6 is 0 Å². The Bertz CT molecular complexity index is 290. The average molecular weight is 269 g/mol. The van der Waals surface area contributed by atoms with Crippen molar-refractivity contribution in [3.8, 4) is 0 Å². The van der Waals surface area contributed by atoms with Crippen LogP contribution in [0.25, 0.3) is 0 Å². The molecular weight excluding hydrogens is 242 g/mol. The first-order valence-electron chi connectivity index (χ1n) is 7.50. The molecule has 2 rings (SSSR count). The van der Waals surface area contributed by atoms with Gasteiger partial charge in [0.15, 0.2) is 0 Å². The third-order valence-electron chi connectivity index (χ3n) is 3.86. The van der Waals surface area contributed by atoms with E-state index < -0.39 is 0 Å². The van der Waals surface area contributed by atoms with Crippen LogP contribution in [-0.4, -0.2) is 67.8 Å². The summed E-state index contributed by atoms with van der Waals surface area (Å²) in [6, 6.07) is 0. The quantitative estimate of drug-likeness (QED) is 0.763. The van der Waals surface area contributed by atoms with Crippen molar-refractivity contribution in [2.24, 2.45) is 5.92 Å². The maximum atomic E-state index is 11.9. The number of morpholine rings is 1. The maximum absolute atomic E-state index is 11.9. The van der Waals surface area contributed by atoms with Gasteiger partial charge in [-0.05, 0) is 18.8 Å². The van der Waals surface area contributed by atoms with E-state index in [0.29, 0.717) is 12.5 Å². The normalized spacial score (nSPS) is 25.5. The Balaban J connectivity index is 1.71. The highest BCUT2D eigenvalue weighted by atomic mass is 16.5. The molecule has 0 aromatic heterocycles. The molecule has 2 heterocycles. The van der Waals surface area contributed by atoms with Gasteiger partial charge >= 0.3 is 0 Å². The Hall–Kier alpha value is -0.650. The van der Waals surface area contributed by atoms with Crippen LogP contribution in [0.4, 0.5) is 0 Å². The zero-order valence-corrected chi connectivity index (χ0v) is 12.2. The molecule has 5 nitrogen and oxygen atoms in total. The van der Waals surface area contributed by atoms with Gasteiger partial charge in [-0.1, -0.05) is 13.8 Å². The van der Waals surface area contributed by atoms with Gasteiger partial charge in [0.1, 0.15) is 0 Å². The minimum absolute atomic E-state index is 0.247. The average Bonchev–Trinajstić information content (AvgIpc) is 2.72. The Morgan fingerprint density at radius 2 is 2.05 bits per heavy atom. The highest BCUT2D eigenvalue weighted by Crippen LogP contribution is 2.14. The fraction of sp³-hybridized carbons (Fsp3) is 0.929. The molecule has 2 aliphatic rings. The molecule has 0 saturated carbocycles. The van der Waals surface area contributed by atoms with Gasteiger partial charge in [0.05, 0.1) is 25.9 Å². The summed E-state index contributed by atoms with van der Waals surface area (Å²) in [6.45, 7) is 10.6. The molecule has 1 atom stereocenters. The molecule has 2 saturated heterocycles. The van der Waals surface area contributed by atoms with Crippen molar-refractivity contribution in [2.75, 3.05) is 45.9 Å². The fourth-order valence-electron chi connectivity index (χ4n) is 2.82. The standard InChI is InChI=1S/C14H27N3O2/c1-12(2)10-13-15-11-14(18)17(13)5-3-4-16-6-8-19-9-7-16/h12-13,15H,3-11H2,1-2H3. The Kier molecular flexibility index (Phi) is 5.60. The summed E-state index contributed by atoms with van der Waals surface area (Å²) in [5.74, 6) is 0.873. The lowest BCUT2D eigenvalue weighted by Crippen LogP contribution is -2.41. The molecule has 0 aliphatic carbocycles. The Labute approximate surface area is 116 Å². The van der Waals surface area contributed by atoms with Gasteiger partial charge in [0, 0.05) is 26.2 Å². The molecule has 1 N–H and O–H groups in total. The van der Waals surface area contributed by atoms with Crippen LogP contribution in [0.1, 0.15) is 26.7 Å². The lowest BCUT2D eigenvalue weighted by molar-refractivity contribution is -0.128. The predicted molar refractivity (Wildman–Crippen MR) is 74.8 cm³/mol. The molecule has 1 amide bonds. The number of carbonyl (C=O) groups excluding carboxylic acids is 1. The van der Waals surface area contributed by atoms with E-state index in [2.05, 4.69) is 24.1 Å². The molecule has 0 bridgehead atoms. The zero-order valence-electron chi connectivity index (χ0n) is 12.2. The van der Waals surface area contributed by atoms with Gasteiger partial charge in [-0.25, -0.2) is 0 Å². The third-order valence-corrected chi connectivity index (χ3v) is 3.86. The summed E-state index contributed by atoms with van der Waals surface area (Å²) >= 11 is 0. The number of nitrogens with zero attached hydrogens (tertiary/aromatic N) is 2. The first-order chi connectivity index (χ1) is 9.16. The number of hydrogen-bond donors (Lipinski definition) is 1. The topological polar surface area (TPSA) is 44.8 Å². The van der Waals surface area contributed by atoms with E-state index in [4.69, 9.17) is 4.74 Å². The van der Waals surface area contributed by atoms with Crippen molar-refractivity contribution >= 4 is 5.91 Å². The molecule has 0 aromatic carbocycles. The van der Waals surface area contributed by atoms with Crippen molar-refractivity contribution in [2.45, 2.75) is 32.9 Å². The van der Waals surface area contributed by atoms with E-state index in [9.17, 15) is 4.79 Å². The zero-order chi connectivity index (χ0) is 13.7. The van der Waals surface area contributed by atoms with Crippen molar-refractivity contribution in [1.82, 2.24) is 15.1 Å². The first kappa shape index (κ1) is 14.8. The van der Waals surface area contributed by atoms with Gasteiger partial charge < -0.3 is 9.64 Å². The SMILES string of the molecule is CC(C)CC1NCC(=O)N1CCCN1CCOCC1. The van der Waals surface area contributed by atoms with Gasteiger partial charge in [0.2, 0.25) is 5.91 Å². The largest absolute Gasteiger partial charge is 0.379 e.